The number of aliphatic hydroxyl groups excluding tert-OH is 1. The zero-order valence-corrected chi connectivity index (χ0v) is 19.4. The molecular weight excluding hydrogens is 368 g/mol. The highest BCUT2D eigenvalue weighted by Crippen LogP contribution is 2.52. The molecule has 4 rings (SSSR count). The Hall–Kier alpha value is -1.70. The zero-order chi connectivity index (χ0) is 21.5. The van der Waals surface area contributed by atoms with Crippen molar-refractivity contribution in [3.63, 3.8) is 0 Å². The van der Waals surface area contributed by atoms with Gasteiger partial charge in [0.15, 0.2) is 0 Å². The van der Waals surface area contributed by atoms with Crippen LogP contribution in [0.15, 0.2) is 29.5 Å². The van der Waals surface area contributed by atoms with Crippen molar-refractivity contribution in [2.75, 3.05) is 0 Å². The van der Waals surface area contributed by atoms with E-state index in [4.69, 9.17) is 0 Å². The lowest BCUT2D eigenvalue weighted by molar-refractivity contribution is 0.170. The van der Waals surface area contributed by atoms with E-state index in [9.17, 15) is 10.2 Å². The Morgan fingerprint density at radius 1 is 1.03 bits per heavy atom. The predicted octanol–water partition coefficient (Wildman–Crippen LogP) is 8.02. The molecule has 2 N–H and O–H groups in total. The van der Waals surface area contributed by atoms with E-state index in [1.165, 1.54) is 56.1 Å². The quantitative estimate of drug-likeness (QED) is 0.518. The molecule has 0 radical (unpaired) electrons. The molecule has 0 heterocycles. The summed E-state index contributed by atoms with van der Waals surface area (Å²) < 4.78 is 0. The zero-order valence-electron chi connectivity index (χ0n) is 19.4. The van der Waals surface area contributed by atoms with Crippen molar-refractivity contribution in [1.82, 2.24) is 0 Å². The molecule has 1 saturated carbocycles. The average Bonchev–Trinajstić information content (AvgIpc) is 2.72. The fourth-order valence-electron chi connectivity index (χ4n) is 6.34. The Morgan fingerprint density at radius 3 is 2.47 bits per heavy atom. The first kappa shape index (κ1) is 21.5. The second-order valence-electron chi connectivity index (χ2n) is 10.8. The molecule has 0 spiro atoms. The molecule has 0 aliphatic heterocycles. The van der Waals surface area contributed by atoms with Gasteiger partial charge >= 0.3 is 0 Å². The van der Waals surface area contributed by atoms with Gasteiger partial charge in [-0.25, -0.2) is 0 Å². The molecule has 0 aromatic heterocycles. The molecular formula is C28H40O2. The molecule has 1 aromatic carbocycles. The molecule has 0 amide bonds. The first-order valence-corrected chi connectivity index (χ1v) is 12.3. The smallest absolute Gasteiger partial charge is 0.120 e. The van der Waals surface area contributed by atoms with Gasteiger partial charge < -0.3 is 10.2 Å². The maximum Gasteiger partial charge on any atom is 0.120 e. The molecule has 1 aromatic rings. The summed E-state index contributed by atoms with van der Waals surface area (Å²) in [4.78, 5) is 0. The van der Waals surface area contributed by atoms with E-state index >= 15 is 0 Å². The molecule has 3 aliphatic rings. The largest absolute Gasteiger partial charge is 0.512 e. The maximum atomic E-state index is 11.1. The minimum atomic E-state index is 0.0533. The van der Waals surface area contributed by atoms with Crippen LogP contribution in [-0.2, 0) is 5.41 Å². The SMILES string of the molecule is CCCCC(C)(C)c1cc(O)c2c(c1)C=C(C)C1CC(C3CCCCC3)C(O)=CC21. The van der Waals surface area contributed by atoms with Crippen molar-refractivity contribution in [1.29, 1.82) is 0 Å². The predicted molar refractivity (Wildman–Crippen MR) is 126 cm³/mol. The normalized spacial score (nSPS) is 27.1. The van der Waals surface area contributed by atoms with Crippen LogP contribution >= 0.6 is 0 Å². The highest BCUT2D eigenvalue weighted by Gasteiger charge is 2.40. The number of phenolic OH excluding ortho intramolecular Hbond substituents is 1. The van der Waals surface area contributed by atoms with Gasteiger partial charge in [-0.3, -0.25) is 0 Å². The third-order valence-corrected chi connectivity index (χ3v) is 8.32. The van der Waals surface area contributed by atoms with E-state index in [0.29, 0.717) is 29.3 Å². The maximum absolute atomic E-state index is 11.1. The van der Waals surface area contributed by atoms with E-state index in [1.54, 1.807) is 0 Å². The number of unbranched alkanes of at least 4 members (excludes halogenated alkanes) is 1. The van der Waals surface area contributed by atoms with E-state index < -0.39 is 0 Å². The minimum absolute atomic E-state index is 0.0533. The second-order valence-corrected chi connectivity index (χ2v) is 10.8. The molecule has 0 bridgehead atoms. The molecule has 3 aliphatic carbocycles. The monoisotopic (exact) mass is 408 g/mol. The van der Waals surface area contributed by atoms with Gasteiger partial charge in [0.25, 0.3) is 0 Å². The second kappa shape index (κ2) is 8.44. The average molecular weight is 409 g/mol. The number of allylic oxidation sites excluding steroid dienone is 3. The Balaban J connectivity index is 1.69. The van der Waals surface area contributed by atoms with Gasteiger partial charge in [0.2, 0.25) is 0 Å². The van der Waals surface area contributed by atoms with Crippen LogP contribution in [-0.4, -0.2) is 10.2 Å². The molecule has 30 heavy (non-hydrogen) atoms. The van der Waals surface area contributed by atoms with Crippen LogP contribution in [0.25, 0.3) is 6.08 Å². The van der Waals surface area contributed by atoms with E-state index in [0.717, 1.165) is 24.0 Å². The summed E-state index contributed by atoms with van der Waals surface area (Å²) in [5.74, 6) is 2.40. The van der Waals surface area contributed by atoms with Crippen molar-refractivity contribution in [3.05, 3.63) is 46.2 Å². The molecule has 2 nitrogen and oxygen atoms in total. The highest BCUT2D eigenvalue weighted by atomic mass is 16.3. The number of hydrogen-bond donors (Lipinski definition) is 2. The Kier molecular flexibility index (Phi) is 6.06. The topological polar surface area (TPSA) is 40.5 Å². The third-order valence-electron chi connectivity index (χ3n) is 8.32. The first-order chi connectivity index (χ1) is 14.3. The first-order valence-electron chi connectivity index (χ1n) is 12.3. The van der Waals surface area contributed by atoms with Crippen molar-refractivity contribution >= 4 is 6.08 Å². The summed E-state index contributed by atoms with van der Waals surface area (Å²) >= 11 is 0. The van der Waals surface area contributed by atoms with E-state index in [-0.39, 0.29) is 11.3 Å². The van der Waals surface area contributed by atoms with Gasteiger partial charge in [-0.1, -0.05) is 70.6 Å². The van der Waals surface area contributed by atoms with Gasteiger partial charge in [0.05, 0.1) is 5.76 Å². The summed E-state index contributed by atoms with van der Waals surface area (Å²) in [6.07, 6.45) is 15.4. The van der Waals surface area contributed by atoms with Gasteiger partial charge in [-0.05, 0) is 73.1 Å². The van der Waals surface area contributed by atoms with Crippen LogP contribution in [0.1, 0.15) is 108 Å². The Morgan fingerprint density at radius 2 is 1.77 bits per heavy atom. The van der Waals surface area contributed by atoms with Crippen LogP contribution in [0, 0.1) is 17.8 Å². The number of aliphatic hydroxyl groups is 1. The van der Waals surface area contributed by atoms with E-state index in [1.807, 2.05) is 6.07 Å². The standard InChI is InChI=1S/C28H40O2/c1-5-6-12-28(3,4)21-14-20-13-18(2)22-16-23(19-10-8-7-9-11-19)25(29)17-24(22)27(20)26(30)15-21/h13-15,17,19,22-24,29-30H,5-12,16H2,1-4H3. The molecule has 3 unspecified atom stereocenters. The lowest BCUT2D eigenvalue weighted by atomic mass is 9.63. The summed E-state index contributed by atoms with van der Waals surface area (Å²) in [6, 6.07) is 4.29. The van der Waals surface area contributed by atoms with Crippen molar-refractivity contribution in [3.8, 4) is 5.75 Å². The Labute approximate surface area is 183 Å². The molecule has 3 atom stereocenters. The van der Waals surface area contributed by atoms with Crippen molar-refractivity contribution < 1.29 is 10.2 Å². The summed E-state index contributed by atoms with van der Waals surface area (Å²) in [5.41, 5.74) is 4.85. The number of aromatic hydroxyl groups is 1. The third kappa shape index (κ3) is 3.95. The van der Waals surface area contributed by atoms with Gasteiger partial charge in [-0.2, -0.15) is 0 Å². The van der Waals surface area contributed by atoms with Gasteiger partial charge in [0.1, 0.15) is 5.75 Å². The van der Waals surface area contributed by atoms with Crippen LogP contribution < -0.4 is 0 Å². The number of rotatable bonds is 5. The number of hydrogen-bond acceptors (Lipinski definition) is 2. The van der Waals surface area contributed by atoms with Crippen molar-refractivity contribution in [2.45, 2.75) is 96.8 Å². The van der Waals surface area contributed by atoms with Crippen LogP contribution in [0.2, 0.25) is 0 Å². The Bertz CT molecular complexity index is 838. The fraction of sp³-hybridized carbons (Fsp3) is 0.643. The number of fused-ring (bicyclic) bond motifs is 3. The lowest BCUT2D eigenvalue weighted by Gasteiger charge is -2.41. The minimum Gasteiger partial charge on any atom is -0.512 e. The summed E-state index contributed by atoms with van der Waals surface area (Å²) in [7, 11) is 0. The molecule has 164 valence electrons. The summed E-state index contributed by atoms with van der Waals surface area (Å²) in [6.45, 7) is 9.05. The molecule has 2 heteroatoms. The van der Waals surface area contributed by atoms with E-state index in [2.05, 4.69) is 45.9 Å². The number of benzene rings is 1. The van der Waals surface area contributed by atoms with Gasteiger partial charge in [0, 0.05) is 17.4 Å². The highest BCUT2D eigenvalue weighted by molar-refractivity contribution is 5.67. The van der Waals surface area contributed by atoms with Crippen LogP contribution in [0.5, 0.6) is 5.75 Å². The summed E-state index contributed by atoms with van der Waals surface area (Å²) in [5, 5.41) is 22.1. The molecule has 1 fully saturated rings. The number of phenols is 1. The fourth-order valence-corrected chi connectivity index (χ4v) is 6.34. The van der Waals surface area contributed by atoms with Gasteiger partial charge in [-0.15, -0.1) is 0 Å². The van der Waals surface area contributed by atoms with Crippen molar-refractivity contribution in [2.24, 2.45) is 17.8 Å². The van der Waals surface area contributed by atoms with Crippen LogP contribution in [0.3, 0.4) is 0 Å². The van der Waals surface area contributed by atoms with Crippen LogP contribution in [0.4, 0.5) is 0 Å². The lowest BCUT2D eigenvalue weighted by Crippen LogP contribution is -2.31. The molecule has 0 saturated heterocycles.